The Hall–Kier alpha value is -2.17. The van der Waals surface area contributed by atoms with Crippen molar-refractivity contribution in [2.45, 2.75) is 26.0 Å². The first-order chi connectivity index (χ1) is 12.8. The molecule has 1 fully saturated rings. The zero-order valence-corrected chi connectivity index (χ0v) is 15.5. The lowest BCUT2D eigenvalue weighted by Crippen LogP contribution is -2.40. The molecule has 0 bridgehead atoms. The van der Waals surface area contributed by atoms with Crippen LogP contribution in [0.1, 0.15) is 34.3 Å². The fourth-order valence-corrected chi connectivity index (χ4v) is 3.66. The van der Waals surface area contributed by atoms with Crippen LogP contribution in [0.4, 0.5) is 0 Å². The number of methoxy groups -OCH3 is 1. The van der Waals surface area contributed by atoms with Gasteiger partial charge in [0.1, 0.15) is 0 Å². The van der Waals surface area contributed by atoms with E-state index in [4.69, 9.17) is 4.74 Å². The molecule has 2 aromatic rings. The van der Waals surface area contributed by atoms with Gasteiger partial charge in [-0.05, 0) is 42.5 Å². The zero-order valence-electron chi connectivity index (χ0n) is 15.5. The van der Waals surface area contributed by atoms with E-state index < -0.39 is 0 Å². The van der Waals surface area contributed by atoms with Gasteiger partial charge in [0.05, 0.1) is 6.61 Å². The third-order valence-electron chi connectivity index (χ3n) is 4.97. The van der Waals surface area contributed by atoms with Crippen LogP contribution < -0.4 is 5.32 Å². The number of nitrogens with zero attached hydrogens (tertiary/aromatic N) is 1. The van der Waals surface area contributed by atoms with E-state index in [-0.39, 0.29) is 5.91 Å². The van der Waals surface area contributed by atoms with E-state index >= 15 is 0 Å². The van der Waals surface area contributed by atoms with E-state index in [9.17, 15) is 4.79 Å². The Kier molecular flexibility index (Phi) is 6.81. The molecule has 1 amide bonds. The lowest BCUT2D eigenvalue weighted by atomic mass is 9.97. The molecule has 0 aliphatic carbocycles. The number of benzene rings is 2. The van der Waals surface area contributed by atoms with Gasteiger partial charge in [-0.25, -0.2) is 0 Å². The van der Waals surface area contributed by atoms with Gasteiger partial charge in [0, 0.05) is 32.3 Å². The molecule has 0 radical (unpaired) electrons. The normalized spacial score (nSPS) is 17.8. The zero-order chi connectivity index (χ0) is 18.2. The van der Waals surface area contributed by atoms with Crippen LogP contribution in [0.15, 0.2) is 54.6 Å². The van der Waals surface area contributed by atoms with Crippen molar-refractivity contribution in [2.75, 3.05) is 26.7 Å². The molecule has 1 aliphatic rings. The van der Waals surface area contributed by atoms with E-state index in [1.807, 2.05) is 24.3 Å². The van der Waals surface area contributed by atoms with Crippen molar-refractivity contribution in [1.82, 2.24) is 10.2 Å². The highest BCUT2D eigenvalue weighted by Crippen LogP contribution is 2.18. The highest BCUT2D eigenvalue weighted by Gasteiger charge is 2.21. The smallest absolute Gasteiger partial charge is 0.251 e. The molecule has 1 saturated heterocycles. The predicted molar refractivity (Wildman–Crippen MR) is 104 cm³/mol. The number of piperidine rings is 1. The fourth-order valence-electron chi connectivity index (χ4n) is 3.66. The number of ether oxygens (including phenoxy) is 1. The van der Waals surface area contributed by atoms with Crippen LogP contribution in [0.2, 0.25) is 0 Å². The van der Waals surface area contributed by atoms with Gasteiger partial charge in [-0.15, -0.1) is 0 Å². The maximum absolute atomic E-state index is 12.6. The molecule has 0 unspecified atom stereocenters. The van der Waals surface area contributed by atoms with Crippen LogP contribution >= 0.6 is 0 Å². The number of hydrogen-bond acceptors (Lipinski definition) is 3. The first-order valence-electron chi connectivity index (χ1n) is 9.37. The minimum absolute atomic E-state index is 0.00201. The molecule has 1 N–H and O–H groups in total. The van der Waals surface area contributed by atoms with E-state index in [0.29, 0.717) is 18.1 Å². The molecule has 138 valence electrons. The highest BCUT2D eigenvalue weighted by atomic mass is 16.5. The summed E-state index contributed by atoms with van der Waals surface area (Å²) >= 11 is 0. The molecular weight excluding hydrogens is 324 g/mol. The van der Waals surface area contributed by atoms with Gasteiger partial charge in [0.25, 0.3) is 5.91 Å². The maximum Gasteiger partial charge on any atom is 0.251 e. The number of likely N-dealkylation sites (tertiary alicyclic amines) is 1. The number of nitrogens with one attached hydrogen (secondary N) is 1. The molecule has 3 rings (SSSR count). The fraction of sp³-hybridized carbons (Fsp3) is 0.409. The lowest BCUT2D eigenvalue weighted by molar-refractivity contribution is 0.0926. The number of rotatable bonds is 7. The Bertz CT molecular complexity index is 702. The van der Waals surface area contributed by atoms with Crippen molar-refractivity contribution < 1.29 is 9.53 Å². The quantitative estimate of drug-likeness (QED) is 0.829. The summed E-state index contributed by atoms with van der Waals surface area (Å²) in [5, 5.41) is 3.13. The second kappa shape index (κ2) is 9.51. The summed E-state index contributed by atoms with van der Waals surface area (Å²) in [6.45, 7) is 4.34. The average molecular weight is 352 g/mol. The van der Waals surface area contributed by atoms with Crippen molar-refractivity contribution in [3.8, 4) is 0 Å². The van der Waals surface area contributed by atoms with Crippen molar-refractivity contribution >= 4 is 5.91 Å². The van der Waals surface area contributed by atoms with Crippen LogP contribution in [-0.4, -0.2) is 37.6 Å². The van der Waals surface area contributed by atoms with Crippen LogP contribution in [0.3, 0.4) is 0 Å². The van der Waals surface area contributed by atoms with E-state index in [1.165, 1.54) is 18.4 Å². The first kappa shape index (κ1) is 18.6. The van der Waals surface area contributed by atoms with Crippen LogP contribution in [-0.2, 0) is 17.9 Å². The van der Waals surface area contributed by atoms with E-state index in [2.05, 4.69) is 40.5 Å². The standard InChI is InChI=1S/C22H28N2O2/c1-26-17-20-11-5-6-12-21(20)22(25)23-14-19-10-7-13-24(16-19)15-18-8-3-2-4-9-18/h2-6,8-9,11-12,19H,7,10,13-17H2,1H3,(H,23,25)/t19-/m1/s1. The van der Waals surface area contributed by atoms with Gasteiger partial charge in [-0.2, -0.15) is 0 Å². The third-order valence-corrected chi connectivity index (χ3v) is 4.97. The summed E-state index contributed by atoms with van der Waals surface area (Å²) in [6, 6.07) is 18.2. The predicted octanol–water partition coefficient (Wildman–Crippen LogP) is 3.48. The van der Waals surface area contributed by atoms with Crippen LogP contribution in [0.25, 0.3) is 0 Å². The molecule has 0 aromatic heterocycles. The van der Waals surface area contributed by atoms with Crippen molar-refractivity contribution in [3.63, 3.8) is 0 Å². The number of hydrogen-bond donors (Lipinski definition) is 1. The van der Waals surface area contributed by atoms with Gasteiger partial charge in [0.15, 0.2) is 0 Å². The van der Waals surface area contributed by atoms with Gasteiger partial charge < -0.3 is 10.1 Å². The topological polar surface area (TPSA) is 41.6 Å². The summed E-state index contributed by atoms with van der Waals surface area (Å²) in [4.78, 5) is 15.1. The first-order valence-corrected chi connectivity index (χ1v) is 9.37. The van der Waals surface area contributed by atoms with Gasteiger partial charge in [-0.1, -0.05) is 48.5 Å². The van der Waals surface area contributed by atoms with E-state index in [1.54, 1.807) is 7.11 Å². The molecule has 1 atom stereocenters. The van der Waals surface area contributed by atoms with E-state index in [0.717, 1.165) is 31.7 Å². The molecule has 0 spiro atoms. The molecule has 26 heavy (non-hydrogen) atoms. The number of amides is 1. The molecule has 4 nitrogen and oxygen atoms in total. The molecule has 1 aliphatic heterocycles. The Morgan fingerprint density at radius 3 is 2.73 bits per heavy atom. The highest BCUT2D eigenvalue weighted by molar-refractivity contribution is 5.95. The Labute approximate surface area is 156 Å². The summed E-state index contributed by atoms with van der Waals surface area (Å²) in [5.74, 6) is 0.504. The van der Waals surface area contributed by atoms with Crippen molar-refractivity contribution in [2.24, 2.45) is 5.92 Å². The monoisotopic (exact) mass is 352 g/mol. The minimum Gasteiger partial charge on any atom is -0.380 e. The second-order valence-electron chi connectivity index (χ2n) is 7.03. The van der Waals surface area contributed by atoms with Crippen molar-refractivity contribution in [1.29, 1.82) is 0 Å². The Morgan fingerprint density at radius 2 is 1.92 bits per heavy atom. The Balaban J connectivity index is 1.52. The Morgan fingerprint density at radius 1 is 1.15 bits per heavy atom. The average Bonchev–Trinajstić information content (AvgIpc) is 2.68. The third kappa shape index (κ3) is 5.16. The SMILES string of the molecule is COCc1ccccc1C(=O)NC[C@H]1CCCN(Cc2ccccc2)C1. The molecule has 2 aromatic carbocycles. The number of carbonyl (C=O) groups excluding carboxylic acids is 1. The van der Waals surface area contributed by atoms with Crippen LogP contribution in [0, 0.1) is 5.92 Å². The molecule has 1 heterocycles. The van der Waals surface area contributed by atoms with Gasteiger partial charge in [-0.3, -0.25) is 9.69 Å². The summed E-state index contributed by atoms with van der Waals surface area (Å²) in [5.41, 5.74) is 3.00. The molecule has 4 heteroatoms. The molecular formula is C22H28N2O2. The summed E-state index contributed by atoms with van der Waals surface area (Å²) in [6.07, 6.45) is 2.36. The van der Waals surface area contributed by atoms with Gasteiger partial charge in [0.2, 0.25) is 0 Å². The second-order valence-corrected chi connectivity index (χ2v) is 7.03. The van der Waals surface area contributed by atoms with Crippen molar-refractivity contribution in [3.05, 3.63) is 71.3 Å². The largest absolute Gasteiger partial charge is 0.380 e. The van der Waals surface area contributed by atoms with Gasteiger partial charge >= 0.3 is 0 Å². The summed E-state index contributed by atoms with van der Waals surface area (Å²) in [7, 11) is 1.65. The maximum atomic E-state index is 12.6. The summed E-state index contributed by atoms with van der Waals surface area (Å²) < 4.78 is 5.20. The van der Waals surface area contributed by atoms with Crippen LogP contribution in [0.5, 0.6) is 0 Å². The minimum atomic E-state index is -0.00201. The molecule has 0 saturated carbocycles. The number of carbonyl (C=O) groups is 1. The lowest BCUT2D eigenvalue weighted by Gasteiger charge is -2.32.